The van der Waals surface area contributed by atoms with E-state index in [4.69, 9.17) is 9.84 Å². The van der Waals surface area contributed by atoms with E-state index in [0.717, 1.165) is 24.5 Å². The van der Waals surface area contributed by atoms with Gasteiger partial charge in [-0.1, -0.05) is 36.4 Å². The Kier molecular flexibility index (Phi) is 3.85. The lowest BCUT2D eigenvalue weighted by Crippen LogP contribution is -2.35. The van der Waals surface area contributed by atoms with Crippen molar-refractivity contribution in [2.75, 3.05) is 0 Å². The Labute approximate surface area is 110 Å². The highest BCUT2D eigenvalue weighted by atomic mass is 16.5. The van der Waals surface area contributed by atoms with E-state index in [0.29, 0.717) is 0 Å². The zero-order chi connectivity index (χ0) is 13.7. The molecule has 1 saturated carbocycles. The van der Waals surface area contributed by atoms with Gasteiger partial charge in [-0.25, -0.2) is 9.59 Å². The predicted molar refractivity (Wildman–Crippen MR) is 68.5 cm³/mol. The Morgan fingerprint density at radius 1 is 1.32 bits per heavy atom. The Morgan fingerprint density at radius 2 is 2.00 bits per heavy atom. The number of amides is 1. The summed E-state index contributed by atoms with van der Waals surface area (Å²) in [5.41, 5.74) is 0.371. The Morgan fingerprint density at radius 3 is 2.58 bits per heavy atom. The molecule has 2 N–H and O–H groups in total. The number of hydrogen-bond donors (Lipinski definition) is 2. The molecule has 0 unspecified atom stereocenters. The molecule has 0 spiro atoms. The van der Waals surface area contributed by atoms with Crippen LogP contribution >= 0.6 is 0 Å². The molecular formula is C14H15NO4. The van der Waals surface area contributed by atoms with E-state index in [1.807, 2.05) is 30.3 Å². The molecule has 0 saturated heterocycles. The molecule has 5 nitrogen and oxygen atoms in total. The van der Waals surface area contributed by atoms with Crippen molar-refractivity contribution in [1.29, 1.82) is 0 Å². The SMILES string of the molecule is O=C(O)/C=C/C1(NC(=O)OCc2ccccc2)CC1. The third-order valence-electron chi connectivity index (χ3n) is 2.90. The smallest absolute Gasteiger partial charge is 0.408 e. The summed E-state index contributed by atoms with van der Waals surface area (Å²) in [6.07, 6.45) is 3.48. The lowest BCUT2D eigenvalue weighted by Gasteiger charge is -2.13. The number of carboxylic acids is 1. The van der Waals surface area contributed by atoms with Gasteiger partial charge in [-0.15, -0.1) is 0 Å². The van der Waals surface area contributed by atoms with Crippen molar-refractivity contribution >= 4 is 12.1 Å². The summed E-state index contributed by atoms with van der Waals surface area (Å²) in [5, 5.41) is 11.2. The van der Waals surface area contributed by atoms with Crippen LogP contribution in [0.2, 0.25) is 0 Å². The standard InChI is InChI=1S/C14H15NO4/c16-12(17)6-7-14(8-9-14)15-13(18)19-10-11-4-2-1-3-5-11/h1-7H,8-10H2,(H,15,18)(H,16,17)/b7-6+. The average molecular weight is 261 g/mol. The quantitative estimate of drug-likeness (QED) is 0.796. The highest BCUT2D eigenvalue weighted by Gasteiger charge is 2.42. The molecule has 0 heterocycles. The van der Waals surface area contributed by atoms with Gasteiger partial charge < -0.3 is 15.2 Å². The van der Waals surface area contributed by atoms with Crippen LogP contribution in [0.3, 0.4) is 0 Å². The Bertz CT molecular complexity index is 491. The fraction of sp³-hybridized carbons (Fsp3) is 0.286. The minimum Gasteiger partial charge on any atom is -0.478 e. The number of alkyl carbamates (subject to hydrolysis) is 1. The Balaban J connectivity index is 1.80. The van der Waals surface area contributed by atoms with Crippen LogP contribution < -0.4 is 5.32 Å². The van der Waals surface area contributed by atoms with Gasteiger partial charge in [0.25, 0.3) is 0 Å². The lowest BCUT2D eigenvalue weighted by molar-refractivity contribution is -0.131. The molecule has 2 rings (SSSR count). The van der Waals surface area contributed by atoms with Crippen molar-refractivity contribution in [3.8, 4) is 0 Å². The molecule has 1 aromatic carbocycles. The van der Waals surface area contributed by atoms with Gasteiger partial charge in [0.2, 0.25) is 0 Å². The number of nitrogens with one attached hydrogen (secondary N) is 1. The van der Waals surface area contributed by atoms with Gasteiger partial charge in [-0.3, -0.25) is 0 Å². The first-order valence-electron chi connectivity index (χ1n) is 6.01. The fourth-order valence-electron chi connectivity index (χ4n) is 1.66. The molecule has 19 heavy (non-hydrogen) atoms. The number of ether oxygens (including phenoxy) is 1. The molecule has 0 bridgehead atoms. The number of benzene rings is 1. The first-order chi connectivity index (χ1) is 9.10. The van der Waals surface area contributed by atoms with Crippen LogP contribution in [0.5, 0.6) is 0 Å². The molecule has 1 amide bonds. The second-order valence-corrected chi connectivity index (χ2v) is 4.51. The van der Waals surface area contributed by atoms with Crippen molar-refractivity contribution in [3.05, 3.63) is 48.0 Å². The van der Waals surface area contributed by atoms with Gasteiger partial charge in [0.05, 0.1) is 5.54 Å². The summed E-state index contributed by atoms with van der Waals surface area (Å²) < 4.78 is 5.08. The molecular weight excluding hydrogens is 246 g/mol. The molecule has 0 atom stereocenters. The van der Waals surface area contributed by atoms with Gasteiger partial charge >= 0.3 is 12.1 Å². The topological polar surface area (TPSA) is 75.6 Å². The van der Waals surface area contributed by atoms with Gasteiger partial charge in [0.15, 0.2) is 0 Å². The van der Waals surface area contributed by atoms with Crippen LogP contribution in [0, 0.1) is 0 Å². The third-order valence-corrected chi connectivity index (χ3v) is 2.90. The van der Waals surface area contributed by atoms with E-state index in [9.17, 15) is 9.59 Å². The Hall–Kier alpha value is -2.30. The molecule has 1 aromatic rings. The number of carbonyl (C=O) groups excluding carboxylic acids is 1. The molecule has 0 aliphatic heterocycles. The second-order valence-electron chi connectivity index (χ2n) is 4.51. The third kappa shape index (κ3) is 4.13. The van der Waals surface area contributed by atoms with Crippen LogP contribution in [0.4, 0.5) is 4.79 Å². The number of carbonyl (C=O) groups is 2. The minimum atomic E-state index is -1.02. The van der Waals surface area contributed by atoms with Crippen LogP contribution in [0.25, 0.3) is 0 Å². The zero-order valence-electron chi connectivity index (χ0n) is 10.3. The highest BCUT2D eigenvalue weighted by molar-refractivity contribution is 5.80. The van der Waals surface area contributed by atoms with Crippen LogP contribution in [0.15, 0.2) is 42.5 Å². The largest absolute Gasteiger partial charge is 0.478 e. The van der Waals surface area contributed by atoms with Crippen LogP contribution in [-0.2, 0) is 16.1 Å². The predicted octanol–water partition coefficient (Wildman–Crippen LogP) is 2.09. The lowest BCUT2D eigenvalue weighted by atomic mass is 10.2. The number of carboxylic acid groups (broad SMARTS) is 1. The zero-order valence-corrected chi connectivity index (χ0v) is 10.3. The first-order valence-corrected chi connectivity index (χ1v) is 6.01. The average Bonchev–Trinajstić information content (AvgIpc) is 3.16. The summed E-state index contributed by atoms with van der Waals surface area (Å²) >= 11 is 0. The van der Waals surface area contributed by atoms with Gasteiger partial charge in [0.1, 0.15) is 6.61 Å². The van der Waals surface area contributed by atoms with E-state index in [2.05, 4.69) is 5.32 Å². The fourth-order valence-corrected chi connectivity index (χ4v) is 1.66. The molecule has 1 aliphatic carbocycles. The maximum Gasteiger partial charge on any atom is 0.408 e. The number of rotatable bonds is 5. The van der Waals surface area contributed by atoms with Crippen molar-refractivity contribution in [2.45, 2.75) is 25.0 Å². The van der Waals surface area contributed by atoms with Crippen molar-refractivity contribution in [2.24, 2.45) is 0 Å². The summed E-state index contributed by atoms with van der Waals surface area (Å²) in [4.78, 5) is 22.0. The maximum atomic E-state index is 11.6. The second kappa shape index (κ2) is 5.56. The molecule has 1 fully saturated rings. The molecule has 5 heteroatoms. The summed E-state index contributed by atoms with van der Waals surface area (Å²) in [5.74, 6) is -1.02. The van der Waals surface area contributed by atoms with E-state index >= 15 is 0 Å². The molecule has 100 valence electrons. The molecule has 1 aliphatic rings. The van der Waals surface area contributed by atoms with Gasteiger partial charge in [-0.2, -0.15) is 0 Å². The summed E-state index contributed by atoms with van der Waals surface area (Å²) in [6.45, 7) is 0.200. The van der Waals surface area contributed by atoms with E-state index in [-0.39, 0.29) is 6.61 Å². The normalized spacial score (nSPS) is 16.0. The van der Waals surface area contributed by atoms with E-state index in [1.165, 1.54) is 6.08 Å². The van der Waals surface area contributed by atoms with Gasteiger partial charge in [-0.05, 0) is 18.4 Å². The highest BCUT2D eigenvalue weighted by Crippen LogP contribution is 2.36. The molecule has 0 aromatic heterocycles. The van der Waals surface area contributed by atoms with Gasteiger partial charge in [0, 0.05) is 6.08 Å². The monoisotopic (exact) mass is 261 g/mol. The van der Waals surface area contributed by atoms with Crippen LogP contribution in [0.1, 0.15) is 18.4 Å². The number of aliphatic carboxylic acids is 1. The first kappa shape index (κ1) is 13.1. The summed E-state index contributed by atoms with van der Waals surface area (Å²) in [7, 11) is 0. The minimum absolute atomic E-state index is 0.200. The van der Waals surface area contributed by atoms with Crippen molar-refractivity contribution < 1.29 is 19.4 Å². The van der Waals surface area contributed by atoms with E-state index in [1.54, 1.807) is 0 Å². The van der Waals surface area contributed by atoms with Crippen molar-refractivity contribution in [1.82, 2.24) is 5.32 Å². The van der Waals surface area contributed by atoms with Crippen molar-refractivity contribution in [3.63, 3.8) is 0 Å². The maximum absolute atomic E-state index is 11.6. The van der Waals surface area contributed by atoms with Crippen LogP contribution in [-0.4, -0.2) is 22.7 Å². The summed E-state index contributed by atoms with van der Waals surface area (Å²) in [6, 6.07) is 9.36. The number of hydrogen-bond acceptors (Lipinski definition) is 3. The van der Waals surface area contributed by atoms with E-state index < -0.39 is 17.6 Å². The molecule has 0 radical (unpaired) electrons.